The Kier molecular flexibility index (Phi) is 3.34. The van der Waals surface area contributed by atoms with E-state index in [4.69, 9.17) is 9.72 Å². The largest absolute Gasteiger partial charge is 0.376 e. The monoisotopic (exact) mass is 316 g/mol. The fourth-order valence-corrected chi connectivity index (χ4v) is 3.77. The minimum atomic E-state index is -0.156. The van der Waals surface area contributed by atoms with E-state index in [0.29, 0.717) is 19.1 Å². The van der Waals surface area contributed by atoms with Crippen molar-refractivity contribution in [2.45, 2.75) is 38.2 Å². The highest BCUT2D eigenvalue weighted by atomic mass is 16.5. The van der Waals surface area contributed by atoms with E-state index < -0.39 is 0 Å². The number of amides is 1. The average Bonchev–Trinajstić information content (AvgIpc) is 3.29. The molecule has 6 heteroatoms. The van der Waals surface area contributed by atoms with Gasteiger partial charge in [0.2, 0.25) is 11.9 Å². The van der Waals surface area contributed by atoms with Crippen LogP contribution in [-0.4, -0.2) is 54.6 Å². The van der Waals surface area contributed by atoms with Gasteiger partial charge in [-0.1, -0.05) is 0 Å². The Morgan fingerprint density at radius 1 is 1.35 bits per heavy atom. The molecule has 0 N–H and O–H groups in total. The summed E-state index contributed by atoms with van der Waals surface area (Å²) in [4.78, 5) is 25.9. The molecule has 124 valence electrons. The molecule has 3 aliphatic rings. The van der Waals surface area contributed by atoms with Gasteiger partial charge in [0.25, 0.3) is 0 Å². The van der Waals surface area contributed by atoms with Crippen LogP contribution in [0.1, 0.15) is 36.2 Å². The number of rotatable bonds is 2. The number of likely N-dealkylation sites (tertiary alicyclic amines) is 1. The summed E-state index contributed by atoms with van der Waals surface area (Å²) >= 11 is 0. The van der Waals surface area contributed by atoms with Gasteiger partial charge in [-0.15, -0.1) is 0 Å². The van der Waals surface area contributed by atoms with Crippen molar-refractivity contribution in [1.82, 2.24) is 14.9 Å². The fourth-order valence-electron chi connectivity index (χ4n) is 3.77. The zero-order valence-corrected chi connectivity index (χ0v) is 14.1. The molecular weight excluding hydrogens is 292 g/mol. The van der Waals surface area contributed by atoms with Crippen LogP contribution in [0.15, 0.2) is 0 Å². The quantitative estimate of drug-likeness (QED) is 0.822. The lowest BCUT2D eigenvalue weighted by molar-refractivity contribution is -0.131. The van der Waals surface area contributed by atoms with Gasteiger partial charge in [0, 0.05) is 44.4 Å². The lowest BCUT2D eigenvalue weighted by atomic mass is 9.80. The molecule has 6 nitrogen and oxygen atoms in total. The number of ether oxygens (including phenoxy) is 1. The molecule has 3 heterocycles. The highest BCUT2D eigenvalue weighted by molar-refractivity contribution is 5.81. The molecule has 1 atom stereocenters. The summed E-state index contributed by atoms with van der Waals surface area (Å²) in [6.07, 6.45) is 3.05. The first-order valence-electron chi connectivity index (χ1n) is 8.42. The standard InChI is InChI=1S/C17H24N4O2/c1-11-13-8-23-10-17(14(13)19-16(18-11)20(2)3)6-7-21(9-17)15(22)12-4-5-12/h12H,4-10H2,1-3H3/t17-/m0/s1. The van der Waals surface area contributed by atoms with Crippen molar-refractivity contribution in [3.8, 4) is 0 Å². The average molecular weight is 316 g/mol. The van der Waals surface area contributed by atoms with Crippen LogP contribution in [0.2, 0.25) is 0 Å². The predicted molar refractivity (Wildman–Crippen MR) is 86.4 cm³/mol. The first kappa shape index (κ1) is 14.9. The lowest BCUT2D eigenvalue weighted by Crippen LogP contribution is -2.42. The maximum Gasteiger partial charge on any atom is 0.225 e. The van der Waals surface area contributed by atoms with Crippen LogP contribution in [-0.2, 0) is 21.6 Å². The Morgan fingerprint density at radius 3 is 2.83 bits per heavy atom. The summed E-state index contributed by atoms with van der Waals surface area (Å²) in [5, 5.41) is 0. The number of hydrogen-bond acceptors (Lipinski definition) is 5. The summed E-state index contributed by atoms with van der Waals surface area (Å²) in [5.41, 5.74) is 3.05. The van der Waals surface area contributed by atoms with Gasteiger partial charge in [-0.3, -0.25) is 4.79 Å². The van der Waals surface area contributed by atoms with Gasteiger partial charge in [-0.2, -0.15) is 0 Å². The molecule has 1 spiro atoms. The number of aromatic nitrogens is 2. The molecule has 1 aliphatic carbocycles. The Bertz CT molecular complexity index is 656. The molecule has 0 unspecified atom stereocenters. The molecule has 2 aliphatic heterocycles. The summed E-state index contributed by atoms with van der Waals surface area (Å²) < 4.78 is 5.89. The summed E-state index contributed by atoms with van der Waals surface area (Å²) in [6.45, 7) is 4.81. The highest BCUT2D eigenvalue weighted by Crippen LogP contribution is 2.42. The molecule has 0 aromatic carbocycles. The van der Waals surface area contributed by atoms with Crippen LogP contribution in [0.25, 0.3) is 0 Å². The van der Waals surface area contributed by atoms with E-state index in [1.165, 1.54) is 0 Å². The normalized spacial score (nSPS) is 26.5. The maximum atomic E-state index is 12.4. The Labute approximate surface area is 136 Å². The van der Waals surface area contributed by atoms with Gasteiger partial charge in [0.15, 0.2) is 0 Å². The van der Waals surface area contributed by atoms with Crippen LogP contribution in [0.3, 0.4) is 0 Å². The van der Waals surface area contributed by atoms with E-state index in [-0.39, 0.29) is 11.3 Å². The Balaban J connectivity index is 1.71. The van der Waals surface area contributed by atoms with E-state index in [1.54, 1.807) is 0 Å². The zero-order valence-electron chi connectivity index (χ0n) is 14.1. The number of carbonyl (C=O) groups excluding carboxylic acids is 1. The zero-order chi connectivity index (χ0) is 16.2. The molecule has 0 bridgehead atoms. The number of anilines is 1. The number of hydrogen-bond donors (Lipinski definition) is 0. The number of aryl methyl sites for hydroxylation is 1. The molecule has 1 amide bonds. The van der Waals surface area contributed by atoms with Crippen molar-refractivity contribution in [2.24, 2.45) is 5.92 Å². The topological polar surface area (TPSA) is 58.6 Å². The van der Waals surface area contributed by atoms with Crippen molar-refractivity contribution >= 4 is 11.9 Å². The highest BCUT2D eigenvalue weighted by Gasteiger charge is 2.48. The van der Waals surface area contributed by atoms with Gasteiger partial charge < -0.3 is 14.5 Å². The summed E-state index contributed by atoms with van der Waals surface area (Å²) in [6, 6.07) is 0. The molecule has 4 rings (SSSR count). The molecule has 1 saturated carbocycles. The van der Waals surface area contributed by atoms with Gasteiger partial charge >= 0.3 is 0 Å². The van der Waals surface area contributed by atoms with Crippen LogP contribution >= 0.6 is 0 Å². The minimum Gasteiger partial charge on any atom is -0.376 e. The van der Waals surface area contributed by atoms with E-state index >= 15 is 0 Å². The van der Waals surface area contributed by atoms with Crippen molar-refractivity contribution < 1.29 is 9.53 Å². The van der Waals surface area contributed by atoms with Crippen molar-refractivity contribution in [2.75, 3.05) is 38.7 Å². The first-order valence-corrected chi connectivity index (χ1v) is 8.42. The second-order valence-corrected chi connectivity index (χ2v) is 7.39. The first-order chi connectivity index (χ1) is 11.0. The van der Waals surface area contributed by atoms with Gasteiger partial charge in [-0.25, -0.2) is 9.97 Å². The second kappa shape index (κ2) is 5.16. The third kappa shape index (κ3) is 2.40. The SMILES string of the molecule is Cc1nc(N(C)C)nc2c1COC[C@@]21CCN(C(=O)C2CC2)C1. The van der Waals surface area contributed by atoms with Crippen LogP contribution in [0.5, 0.6) is 0 Å². The Hall–Kier alpha value is -1.69. The van der Waals surface area contributed by atoms with Crippen LogP contribution in [0, 0.1) is 12.8 Å². The van der Waals surface area contributed by atoms with Crippen molar-refractivity contribution in [1.29, 1.82) is 0 Å². The van der Waals surface area contributed by atoms with E-state index in [0.717, 1.165) is 55.3 Å². The third-order valence-electron chi connectivity index (χ3n) is 5.32. The summed E-state index contributed by atoms with van der Waals surface area (Å²) in [7, 11) is 3.93. The molecule has 0 radical (unpaired) electrons. The van der Waals surface area contributed by atoms with Gasteiger partial charge in [0.05, 0.1) is 24.3 Å². The third-order valence-corrected chi connectivity index (χ3v) is 5.32. The van der Waals surface area contributed by atoms with Crippen molar-refractivity contribution in [3.05, 3.63) is 17.0 Å². The Morgan fingerprint density at radius 2 is 2.13 bits per heavy atom. The molecule has 2 fully saturated rings. The second-order valence-electron chi connectivity index (χ2n) is 7.39. The van der Waals surface area contributed by atoms with Gasteiger partial charge in [-0.05, 0) is 26.2 Å². The molecule has 1 saturated heterocycles. The number of carbonyl (C=O) groups is 1. The summed E-state index contributed by atoms with van der Waals surface area (Å²) in [5.74, 6) is 1.35. The van der Waals surface area contributed by atoms with E-state index in [9.17, 15) is 4.79 Å². The lowest BCUT2D eigenvalue weighted by Gasteiger charge is -2.35. The van der Waals surface area contributed by atoms with E-state index in [2.05, 4.69) is 4.98 Å². The van der Waals surface area contributed by atoms with Crippen LogP contribution in [0.4, 0.5) is 5.95 Å². The van der Waals surface area contributed by atoms with E-state index in [1.807, 2.05) is 30.8 Å². The molecule has 1 aromatic rings. The maximum absolute atomic E-state index is 12.4. The smallest absolute Gasteiger partial charge is 0.225 e. The van der Waals surface area contributed by atoms with Crippen molar-refractivity contribution in [3.63, 3.8) is 0 Å². The fraction of sp³-hybridized carbons (Fsp3) is 0.706. The number of nitrogens with zero attached hydrogens (tertiary/aromatic N) is 4. The van der Waals surface area contributed by atoms with Gasteiger partial charge in [0.1, 0.15) is 0 Å². The van der Waals surface area contributed by atoms with Crippen LogP contribution < -0.4 is 4.90 Å². The predicted octanol–water partition coefficient (Wildman–Crippen LogP) is 1.26. The molecule has 23 heavy (non-hydrogen) atoms. The molecular formula is C17H24N4O2. The molecule has 1 aromatic heterocycles. The number of fused-ring (bicyclic) bond motifs is 2. The minimum absolute atomic E-state index is 0.156.